The third kappa shape index (κ3) is 7.48. The Morgan fingerprint density at radius 3 is 2.50 bits per heavy atom. The topological polar surface area (TPSA) is 100 Å². The van der Waals surface area contributed by atoms with Gasteiger partial charge in [0.1, 0.15) is 23.2 Å². The highest BCUT2D eigenvalue weighted by Gasteiger charge is 2.31. The number of carbonyl (C=O) groups is 1. The van der Waals surface area contributed by atoms with Crippen LogP contribution in [0.2, 0.25) is 5.02 Å². The molecule has 0 saturated heterocycles. The van der Waals surface area contributed by atoms with Gasteiger partial charge in [0.15, 0.2) is 5.71 Å². The summed E-state index contributed by atoms with van der Waals surface area (Å²) in [4.78, 5) is 22.5. The maximum atomic E-state index is 12.9. The first kappa shape index (κ1) is 27.7. The van der Waals surface area contributed by atoms with Crippen molar-refractivity contribution >= 4 is 53.7 Å². The standard InChI is InChI=1S/C20H19ClF3N2O6PS/c1-4-12-8-15(26(28)29)18(33-34-32-25-11(3)19(27)30-5-2)10-17(12)31-16-7-6-13(9-14(16)21)20(22,23)24/h6-10,33H,4-5H2,1-3H3/b25-11-. The van der Waals surface area contributed by atoms with Gasteiger partial charge in [0.05, 0.1) is 27.4 Å². The maximum Gasteiger partial charge on any atom is 0.416 e. The van der Waals surface area contributed by atoms with Gasteiger partial charge in [-0.25, -0.2) is 4.79 Å². The first-order chi connectivity index (χ1) is 16.0. The van der Waals surface area contributed by atoms with Crippen molar-refractivity contribution in [2.45, 2.75) is 33.4 Å². The minimum atomic E-state index is -4.57. The minimum Gasteiger partial charge on any atom is -0.461 e. The fourth-order valence-corrected chi connectivity index (χ4v) is 4.44. The molecule has 2 rings (SSSR count). The number of nitro groups is 1. The number of nitrogens with zero attached hydrogens (tertiary/aromatic N) is 2. The summed E-state index contributed by atoms with van der Waals surface area (Å²) in [6.07, 6.45) is -4.21. The number of rotatable bonds is 10. The molecule has 0 aliphatic heterocycles. The quantitative estimate of drug-likeness (QED) is 0.0652. The number of halogens is 4. The van der Waals surface area contributed by atoms with Gasteiger partial charge in [-0.1, -0.05) is 23.7 Å². The van der Waals surface area contributed by atoms with E-state index in [9.17, 15) is 28.1 Å². The zero-order valence-corrected chi connectivity index (χ0v) is 20.6. The van der Waals surface area contributed by atoms with E-state index < -0.39 is 22.6 Å². The number of carbonyl (C=O) groups excluding carboxylic acids is 1. The molecule has 184 valence electrons. The minimum absolute atomic E-state index is 0.0315. The van der Waals surface area contributed by atoms with Crippen LogP contribution in [-0.4, -0.2) is 23.2 Å². The molecule has 0 aliphatic carbocycles. The Kier molecular flexibility index (Phi) is 9.96. The van der Waals surface area contributed by atoms with E-state index in [0.29, 0.717) is 12.0 Å². The zero-order valence-electron chi connectivity index (χ0n) is 18.1. The first-order valence-electron chi connectivity index (χ1n) is 9.64. The van der Waals surface area contributed by atoms with Gasteiger partial charge in [0.2, 0.25) is 0 Å². The third-order valence-corrected chi connectivity index (χ3v) is 6.45. The number of esters is 1. The van der Waals surface area contributed by atoms with Crippen LogP contribution in [-0.2, 0) is 26.4 Å². The summed E-state index contributed by atoms with van der Waals surface area (Å²) >= 11 is 6.73. The molecular weight excluding hydrogens is 520 g/mol. The largest absolute Gasteiger partial charge is 0.461 e. The Morgan fingerprint density at radius 2 is 1.94 bits per heavy atom. The number of benzene rings is 2. The van der Waals surface area contributed by atoms with Gasteiger partial charge in [-0.3, -0.25) is 10.1 Å². The molecule has 14 heteroatoms. The molecule has 0 N–H and O–H groups in total. The van der Waals surface area contributed by atoms with Crippen LogP contribution in [0.15, 0.2) is 35.5 Å². The Morgan fingerprint density at radius 1 is 1.24 bits per heavy atom. The van der Waals surface area contributed by atoms with E-state index >= 15 is 0 Å². The SMILES string of the molecule is CCOC(=O)/C(C)=N\OSPc1cc(Oc2ccc(C(F)(F)F)cc2Cl)c(CC)cc1[N+](=O)[O-]. The van der Waals surface area contributed by atoms with Gasteiger partial charge in [-0.05, 0) is 44.5 Å². The van der Waals surface area contributed by atoms with Crippen molar-refractivity contribution in [2.75, 3.05) is 6.61 Å². The van der Waals surface area contributed by atoms with Crippen molar-refractivity contribution in [1.29, 1.82) is 0 Å². The van der Waals surface area contributed by atoms with Crippen LogP contribution in [0.5, 0.6) is 11.5 Å². The summed E-state index contributed by atoms with van der Waals surface area (Å²) < 4.78 is 54.2. The molecule has 0 aromatic heterocycles. The molecule has 0 aliphatic rings. The highest BCUT2D eigenvalue weighted by Crippen LogP contribution is 2.40. The number of ether oxygens (including phenoxy) is 2. The molecular formula is C20H19ClF3N2O6PS. The first-order valence-corrected chi connectivity index (χ1v) is 12.5. The van der Waals surface area contributed by atoms with E-state index in [1.807, 2.05) is 0 Å². The molecule has 2 aromatic carbocycles. The van der Waals surface area contributed by atoms with Crippen molar-refractivity contribution < 1.29 is 36.6 Å². The number of hydrogen-bond donors (Lipinski definition) is 0. The lowest BCUT2D eigenvalue weighted by Gasteiger charge is -2.14. The monoisotopic (exact) mass is 538 g/mol. The van der Waals surface area contributed by atoms with Gasteiger partial charge >= 0.3 is 12.1 Å². The number of aryl methyl sites for hydroxylation is 1. The van der Waals surface area contributed by atoms with Crippen molar-refractivity contribution in [3.05, 3.63) is 56.6 Å². The van der Waals surface area contributed by atoms with Gasteiger partial charge in [0.25, 0.3) is 5.69 Å². The van der Waals surface area contributed by atoms with Crippen LogP contribution in [0.4, 0.5) is 18.9 Å². The number of alkyl halides is 3. The number of oxime groups is 1. The summed E-state index contributed by atoms with van der Waals surface area (Å²) in [5.41, 5.74) is -0.698. The molecule has 1 unspecified atom stereocenters. The fraction of sp³-hybridized carbons (Fsp3) is 0.300. The van der Waals surface area contributed by atoms with Gasteiger partial charge in [0, 0.05) is 19.4 Å². The molecule has 0 amide bonds. The van der Waals surface area contributed by atoms with Crippen LogP contribution in [0.25, 0.3) is 0 Å². The average molecular weight is 539 g/mol. The van der Waals surface area contributed by atoms with Crippen LogP contribution in [0.1, 0.15) is 31.9 Å². The predicted molar refractivity (Wildman–Crippen MR) is 125 cm³/mol. The van der Waals surface area contributed by atoms with Crippen LogP contribution in [0, 0.1) is 10.1 Å². The molecule has 0 radical (unpaired) electrons. The zero-order chi connectivity index (χ0) is 25.5. The second-order valence-electron chi connectivity index (χ2n) is 6.49. The fourth-order valence-electron chi connectivity index (χ4n) is 2.51. The Hall–Kier alpha value is -2.56. The molecule has 8 nitrogen and oxygen atoms in total. The molecule has 0 heterocycles. The van der Waals surface area contributed by atoms with E-state index in [1.54, 1.807) is 13.8 Å². The molecule has 1 atom stereocenters. The average Bonchev–Trinajstić information content (AvgIpc) is 2.77. The maximum absolute atomic E-state index is 12.9. The second-order valence-corrected chi connectivity index (χ2v) is 9.07. The summed E-state index contributed by atoms with van der Waals surface area (Å²) in [6, 6.07) is 5.38. The van der Waals surface area contributed by atoms with E-state index in [1.165, 1.54) is 19.1 Å². The van der Waals surface area contributed by atoms with E-state index in [4.69, 9.17) is 25.4 Å². The van der Waals surface area contributed by atoms with Crippen molar-refractivity contribution in [1.82, 2.24) is 0 Å². The molecule has 2 aromatic rings. The van der Waals surface area contributed by atoms with Crippen LogP contribution >= 0.6 is 31.0 Å². The Bertz CT molecular complexity index is 1100. The van der Waals surface area contributed by atoms with Gasteiger partial charge < -0.3 is 13.8 Å². The molecule has 0 fully saturated rings. The van der Waals surface area contributed by atoms with Crippen molar-refractivity contribution in [3.63, 3.8) is 0 Å². The Labute approximate surface area is 203 Å². The smallest absolute Gasteiger partial charge is 0.416 e. The molecule has 34 heavy (non-hydrogen) atoms. The summed E-state index contributed by atoms with van der Waals surface area (Å²) in [5.74, 6) is -0.496. The predicted octanol–water partition coefficient (Wildman–Crippen LogP) is 6.44. The van der Waals surface area contributed by atoms with E-state index in [2.05, 4.69) is 5.16 Å². The van der Waals surface area contributed by atoms with Crippen LogP contribution < -0.4 is 10.0 Å². The molecule has 0 spiro atoms. The highest BCUT2D eigenvalue weighted by molar-refractivity contribution is 8.49. The lowest BCUT2D eigenvalue weighted by atomic mass is 10.1. The number of hydrogen-bond acceptors (Lipinski definition) is 8. The van der Waals surface area contributed by atoms with Crippen molar-refractivity contribution in [3.8, 4) is 11.5 Å². The number of nitro benzene ring substituents is 1. The third-order valence-electron chi connectivity index (χ3n) is 4.17. The summed E-state index contributed by atoms with van der Waals surface area (Å²) in [5, 5.41) is 15.1. The van der Waals surface area contributed by atoms with E-state index in [0.717, 1.165) is 29.9 Å². The lowest BCUT2D eigenvalue weighted by Crippen LogP contribution is -2.13. The van der Waals surface area contributed by atoms with Gasteiger partial charge in [-0.15, -0.1) is 0 Å². The lowest BCUT2D eigenvalue weighted by molar-refractivity contribution is -0.383. The van der Waals surface area contributed by atoms with Crippen LogP contribution in [0.3, 0.4) is 0 Å². The van der Waals surface area contributed by atoms with Crippen molar-refractivity contribution in [2.24, 2.45) is 5.16 Å². The van der Waals surface area contributed by atoms with Gasteiger partial charge in [-0.2, -0.15) is 13.2 Å². The summed E-state index contributed by atoms with van der Waals surface area (Å²) in [6.45, 7) is 4.94. The van der Waals surface area contributed by atoms with E-state index in [-0.39, 0.29) is 47.6 Å². The Balaban J connectivity index is 2.29. The second kappa shape index (κ2) is 12.2. The molecule has 0 bridgehead atoms. The normalized spacial score (nSPS) is 12.1. The highest BCUT2D eigenvalue weighted by atomic mass is 35.5. The molecule has 0 saturated carbocycles. The summed E-state index contributed by atoms with van der Waals surface area (Å²) in [7, 11) is -0.336.